The van der Waals surface area contributed by atoms with Crippen LogP contribution in [0.1, 0.15) is 85.9 Å². The van der Waals surface area contributed by atoms with Crippen molar-refractivity contribution in [3.05, 3.63) is 182 Å². The number of aryl methyl sites for hydroxylation is 4. The van der Waals surface area contributed by atoms with Gasteiger partial charge in [-0.05, 0) is 159 Å². The topological polar surface area (TPSA) is 354 Å². The molecule has 0 saturated carbocycles. The van der Waals surface area contributed by atoms with E-state index in [1.807, 2.05) is 0 Å². The number of carbonyl (C=O) groups is 5. The van der Waals surface area contributed by atoms with E-state index in [-0.39, 0.29) is 96.3 Å². The van der Waals surface area contributed by atoms with Crippen LogP contribution in [0.3, 0.4) is 0 Å². The van der Waals surface area contributed by atoms with Crippen molar-refractivity contribution in [1.82, 2.24) is 0 Å². The monoisotopic (exact) mass is 1190 g/mol. The predicted molar refractivity (Wildman–Crippen MR) is 306 cm³/mol. The maximum atomic E-state index is 14.7. The Morgan fingerprint density at radius 2 is 1.05 bits per heavy atom. The number of rotatable bonds is 13. The molecule has 0 fully saturated rings. The third kappa shape index (κ3) is 10.8. The zero-order chi connectivity index (χ0) is 59.9. The van der Waals surface area contributed by atoms with Gasteiger partial charge in [0, 0.05) is 62.5 Å². The molecule has 9 rings (SSSR count). The molecule has 0 saturated heterocycles. The third-order valence-corrected chi connectivity index (χ3v) is 19.0. The largest absolute Gasteiger partial charge is 0.321 e. The highest BCUT2D eigenvalue weighted by atomic mass is 32.3. The number of hydrogen-bond donors (Lipinski definition) is 9. The number of amides is 4. The molecule has 0 unspecified atom stereocenters. The van der Waals surface area contributed by atoms with Gasteiger partial charge >= 0.3 is 0 Å². The number of hydrogen-bond acceptors (Lipinski definition) is 12. The second-order valence-electron chi connectivity index (χ2n) is 19.9. The molecule has 424 valence electrons. The highest BCUT2D eigenvalue weighted by Crippen LogP contribution is 2.50. The minimum atomic E-state index is -6.25. The normalized spacial score (nSPS) is 14.3. The minimum Gasteiger partial charge on any atom is -0.321 e. The van der Waals surface area contributed by atoms with Crippen molar-refractivity contribution in [1.29, 1.82) is 0 Å². The molecular weight excluding hydrogens is 1140 g/mol. The molecule has 82 heavy (non-hydrogen) atoms. The van der Waals surface area contributed by atoms with Gasteiger partial charge in [-0.1, -0.05) is 42.5 Å². The Bertz CT molecular complexity index is 4650. The van der Waals surface area contributed by atoms with Crippen LogP contribution in [0.4, 0.5) is 22.7 Å². The Labute approximate surface area is 469 Å². The number of carbonyl (C=O) groups excluding carboxylic acids is 5. The van der Waals surface area contributed by atoms with Gasteiger partial charge in [0.1, 0.15) is 30.1 Å². The summed E-state index contributed by atoms with van der Waals surface area (Å²) in [4.78, 5) is 66.2. The van der Waals surface area contributed by atoms with E-state index in [4.69, 9.17) is 0 Å². The van der Waals surface area contributed by atoms with Gasteiger partial charge in [0.2, 0.25) is 0 Å². The zero-order valence-corrected chi connectivity index (χ0v) is 47.4. The molecule has 0 atom stereocenters. The van der Waals surface area contributed by atoms with Gasteiger partial charge in [-0.15, -0.1) is 0 Å². The van der Waals surface area contributed by atoms with Gasteiger partial charge in [-0.3, -0.25) is 37.6 Å². The van der Waals surface area contributed by atoms with Gasteiger partial charge in [0.25, 0.3) is 54.0 Å². The third-order valence-electron chi connectivity index (χ3n) is 14.1. The van der Waals surface area contributed by atoms with Crippen LogP contribution in [0.5, 0.6) is 0 Å². The average Bonchev–Trinajstić information content (AvgIpc) is 2.31. The van der Waals surface area contributed by atoms with Crippen molar-refractivity contribution in [2.75, 3.05) is 21.3 Å². The Balaban J connectivity index is 0.912. The van der Waals surface area contributed by atoms with Crippen LogP contribution in [-0.4, -0.2) is 81.6 Å². The average molecular weight is 1190 g/mol. The molecule has 4 amide bonds. The fourth-order valence-corrected chi connectivity index (χ4v) is 14.9. The highest BCUT2D eigenvalue weighted by molar-refractivity contribution is 8.10. The summed E-state index contributed by atoms with van der Waals surface area (Å²) in [5.74, 6) is -3.37. The van der Waals surface area contributed by atoms with Crippen LogP contribution in [0.15, 0.2) is 140 Å². The van der Waals surface area contributed by atoms with E-state index in [2.05, 4.69) is 21.3 Å². The van der Waals surface area contributed by atoms with Crippen molar-refractivity contribution in [2.24, 2.45) is 0 Å². The molecular formula is C57H50N4O17S4. The van der Waals surface area contributed by atoms with E-state index >= 15 is 0 Å². The van der Waals surface area contributed by atoms with Crippen molar-refractivity contribution in [3.8, 4) is 0 Å². The maximum Gasteiger partial charge on any atom is 0.295 e. The van der Waals surface area contributed by atoms with Crippen LogP contribution in [0.2, 0.25) is 0 Å². The van der Waals surface area contributed by atoms with Crippen molar-refractivity contribution < 1.29 is 76.2 Å². The zero-order valence-electron chi connectivity index (χ0n) is 44.2. The first-order valence-corrected chi connectivity index (χ1v) is 30.8. The summed E-state index contributed by atoms with van der Waals surface area (Å²) in [6.07, 6.45) is -0.291. The molecule has 0 radical (unpaired) electrons. The van der Waals surface area contributed by atoms with Crippen LogP contribution in [0.25, 0.3) is 21.5 Å². The molecule has 8 aromatic rings. The SMILES string of the molecule is Cc1cc(S(=O)(=O)O)c2c(NC(=O)c3c(C)cc(C)c(NC(=O)c4cccc(CC(=O)Cc5cccc(C(=O)Nc6c(C)cc7c(c6C)C(=O)Nc6ccc(S(=O)(=O)O)c8cccc(c68)S7(=O)(O)O)c5)c4)c3C)ccc(S(=O)(=O)O)c2c1. The lowest BCUT2D eigenvalue weighted by Gasteiger charge is -2.37. The summed E-state index contributed by atoms with van der Waals surface area (Å²) in [5, 5.41) is 9.59. The van der Waals surface area contributed by atoms with E-state index in [1.54, 1.807) is 51.1 Å². The molecule has 21 nitrogen and oxygen atoms in total. The summed E-state index contributed by atoms with van der Waals surface area (Å²) in [6.45, 7) is 9.20. The molecule has 0 spiro atoms. The van der Waals surface area contributed by atoms with Gasteiger partial charge in [-0.2, -0.15) is 25.3 Å². The van der Waals surface area contributed by atoms with Gasteiger partial charge in [-0.25, -0.2) is 4.21 Å². The Kier molecular flexibility index (Phi) is 14.6. The molecule has 1 aliphatic rings. The molecule has 8 aromatic carbocycles. The lowest BCUT2D eigenvalue weighted by molar-refractivity contribution is -0.117. The smallest absolute Gasteiger partial charge is 0.295 e. The van der Waals surface area contributed by atoms with Crippen molar-refractivity contribution in [3.63, 3.8) is 0 Å². The van der Waals surface area contributed by atoms with Crippen LogP contribution in [-0.2, 0) is 57.6 Å². The predicted octanol–water partition coefficient (Wildman–Crippen LogP) is 9.44. The molecule has 25 heteroatoms. The summed E-state index contributed by atoms with van der Waals surface area (Å²) >= 11 is 0. The first-order valence-electron chi connectivity index (χ1n) is 24.6. The lowest BCUT2D eigenvalue weighted by atomic mass is 9.95. The summed E-state index contributed by atoms with van der Waals surface area (Å²) in [5.41, 5.74) is 2.35. The Morgan fingerprint density at radius 3 is 1.62 bits per heavy atom. The number of ketones is 1. The van der Waals surface area contributed by atoms with E-state index < -0.39 is 93.7 Å². The van der Waals surface area contributed by atoms with Crippen LogP contribution < -0.4 is 21.3 Å². The number of nitrogens with one attached hydrogen (secondary N) is 4. The van der Waals surface area contributed by atoms with Gasteiger partial charge in [0.05, 0.1) is 26.7 Å². The number of benzene rings is 8. The van der Waals surface area contributed by atoms with E-state index in [0.717, 1.165) is 42.5 Å². The summed E-state index contributed by atoms with van der Waals surface area (Å²) in [7, 11) is -21.1. The lowest BCUT2D eigenvalue weighted by Crippen LogP contribution is -2.37. The second kappa shape index (κ2) is 20.6. The highest BCUT2D eigenvalue weighted by Gasteiger charge is 2.44. The van der Waals surface area contributed by atoms with Crippen LogP contribution in [0, 0.1) is 41.5 Å². The molecule has 0 aromatic heterocycles. The minimum absolute atomic E-state index is 0.0107. The molecule has 0 bridgehead atoms. The van der Waals surface area contributed by atoms with E-state index in [0.29, 0.717) is 27.8 Å². The Hall–Kier alpha value is -8.37. The van der Waals surface area contributed by atoms with Crippen LogP contribution >= 0.6 is 0 Å². The molecule has 1 aliphatic heterocycles. The summed E-state index contributed by atoms with van der Waals surface area (Å²) < 4.78 is 143. The number of fused-ring (bicyclic) bond motifs is 2. The number of Topliss-reactive ketones (excluding diaryl/α,β-unsaturated/α-hetero) is 1. The first-order chi connectivity index (χ1) is 38.1. The van der Waals surface area contributed by atoms with E-state index in [1.165, 1.54) is 63.2 Å². The Morgan fingerprint density at radius 1 is 0.524 bits per heavy atom. The standard InChI is InChI=1S/C57H50N4O17S4/c1-28-20-40-44(80(70,71)72)19-16-41(50(40)45(21-28)81(73,74)75)58-56(65)48-29(2)22-30(3)52(32(48)5)60-54(63)36-12-7-10-34(24-36)26-38(62)27-35-11-8-13-37(25-35)55(64)61-53-31(4)23-47-49(33(53)6)57(66)59-42-17-18-43(79(67,68)69)39-14-9-15-46(51(39)42)82(47,76,77)78/h7-25H,26-27H2,1-6H3,(H,58,65)(H,59,66)(H,60,63)(H,61,64)(H,67,68,69)(H,70,71,72)(H,73,74,75)(H2,76,77,78). The van der Waals surface area contributed by atoms with E-state index in [9.17, 15) is 76.2 Å². The molecule has 1 heterocycles. The van der Waals surface area contributed by atoms with Crippen molar-refractivity contribution in [2.45, 2.75) is 78.9 Å². The van der Waals surface area contributed by atoms with Gasteiger partial charge < -0.3 is 30.4 Å². The first kappa shape index (κ1) is 58.3. The number of anilines is 4. The maximum absolute atomic E-state index is 14.7. The molecule has 9 N–H and O–H groups in total. The fraction of sp³-hybridized carbons (Fsp3) is 0.140. The molecule has 0 aliphatic carbocycles. The fourth-order valence-electron chi connectivity index (χ4n) is 10.5. The van der Waals surface area contributed by atoms with Gasteiger partial charge in [0.15, 0.2) is 0 Å². The quantitative estimate of drug-likeness (QED) is 0.0485. The van der Waals surface area contributed by atoms with Crippen molar-refractivity contribution >= 4 is 114 Å². The second-order valence-corrected chi connectivity index (χ2v) is 26.7. The summed E-state index contributed by atoms with van der Waals surface area (Å²) in [6, 6.07) is 25.1.